The lowest BCUT2D eigenvalue weighted by atomic mass is 10.1. The Kier molecular flexibility index (Phi) is 3.67. The topological polar surface area (TPSA) is 43.6 Å². The molecule has 0 unspecified atom stereocenters. The fourth-order valence-electron chi connectivity index (χ4n) is 2.36. The largest absolute Gasteiger partial charge is 0.487 e. The summed E-state index contributed by atoms with van der Waals surface area (Å²) in [6.45, 7) is 6.30. The Morgan fingerprint density at radius 3 is 2.77 bits per heavy atom. The van der Waals surface area contributed by atoms with Crippen LogP contribution >= 0.6 is 0 Å². The van der Waals surface area contributed by atoms with Crippen LogP contribution in [-0.2, 0) is 6.61 Å². The van der Waals surface area contributed by atoms with Crippen LogP contribution in [0.1, 0.15) is 22.4 Å². The Morgan fingerprint density at radius 2 is 1.95 bits per heavy atom. The van der Waals surface area contributed by atoms with Gasteiger partial charge in [0.15, 0.2) is 0 Å². The van der Waals surface area contributed by atoms with Gasteiger partial charge in [-0.1, -0.05) is 18.2 Å². The first-order valence-corrected chi connectivity index (χ1v) is 7.22. The molecule has 0 spiro atoms. The van der Waals surface area contributed by atoms with Crippen molar-refractivity contribution < 1.29 is 4.74 Å². The maximum Gasteiger partial charge on any atom is 0.258 e. The van der Waals surface area contributed by atoms with E-state index in [1.807, 2.05) is 51.1 Å². The average molecular weight is 294 g/mol. The SMILES string of the molecule is Cc1ccc2nc(COc3cccc(C)c3C)cc(=O)n2c1. The second kappa shape index (κ2) is 5.64. The van der Waals surface area contributed by atoms with Crippen molar-refractivity contribution in [2.24, 2.45) is 0 Å². The number of benzene rings is 1. The van der Waals surface area contributed by atoms with E-state index in [9.17, 15) is 4.79 Å². The molecule has 3 rings (SSSR count). The Labute approximate surface area is 129 Å². The quantitative estimate of drug-likeness (QED) is 0.745. The van der Waals surface area contributed by atoms with E-state index in [2.05, 4.69) is 4.98 Å². The van der Waals surface area contributed by atoms with Gasteiger partial charge in [0, 0.05) is 12.3 Å². The summed E-state index contributed by atoms with van der Waals surface area (Å²) < 4.78 is 7.37. The minimum absolute atomic E-state index is 0.0896. The van der Waals surface area contributed by atoms with E-state index in [0.29, 0.717) is 11.3 Å². The molecular weight excluding hydrogens is 276 g/mol. The van der Waals surface area contributed by atoms with Gasteiger partial charge >= 0.3 is 0 Å². The molecule has 0 atom stereocenters. The minimum atomic E-state index is -0.0896. The number of aromatic nitrogens is 2. The summed E-state index contributed by atoms with van der Waals surface area (Å²) in [5, 5.41) is 0. The second-order valence-electron chi connectivity index (χ2n) is 5.51. The molecule has 0 aliphatic rings. The third-order valence-electron chi connectivity index (χ3n) is 3.79. The van der Waals surface area contributed by atoms with Crippen molar-refractivity contribution in [2.45, 2.75) is 27.4 Å². The second-order valence-corrected chi connectivity index (χ2v) is 5.51. The molecule has 0 aliphatic carbocycles. The van der Waals surface area contributed by atoms with Crippen LogP contribution in [0.15, 0.2) is 47.4 Å². The Balaban J connectivity index is 1.90. The molecule has 4 nitrogen and oxygen atoms in total. The highest BCUT2D eigenvalue weighted by atomic mass is 16.5. The number of fused-ring (bicyclic) bond motifs is 1. The number of nitrogens with zero attached hydrogens (tertiary/aromatic N) is 2. The molecule has 2 heterocycles. The summed E-state index contributed by atoms with van der Waals surface area (Å²) in [6, 6.07) is 11.3. The highest BCUT2D eigenvalue weighted by molar-refractivity contribution is 5.40. The molecule has 0 saturated carbocycles. The molecular formula is C18H18N2O2. The number of ether oxygens (including phenoxy) is 1. The van der Waals surface area contributed by atoms with Crippen LogP contribution in [0.25, 0.3) is 5.65 Å². The van der Waals surface area contributed by atoms with Crippen LogP contribution in [0.2, 0.25) is 0 Å². The zero-order valence-electron chi connectivity index (χ0n) is 13.0. The molecule has 112 valence electrons. The van der Waals surface area contributed by atoms with E-state index in [0.717, 1.165) is 16.9 Å². The lowest BCUT2D eigenvalue weighted by Gasteiger charge is -2.11. The lowest BCUT2D eigenvalue weighted by Crippen LogP contribution is -2.16. The van der Waals surface area contributed by atoms with Gasteiger partial charge in [0.2, 0.25) is 0 Å². The fourth-order valence-corrected chi connectivity index (χ4v) is 2.36. The number of hydrogen-bond acceptors (Lipinski definition) is 3. The van der Waals surface area contributed by atoms with Crippen molar-refractivity contribution in [3.05, 3.63) is 75.3 Å². The van der Waals surface area contributed by atoms with Crippen molar-refractivity contribution in [1.82, 2.24) is 9.38 Å². The van der Waals surface area contributed by atoms with E-state index in [-0.39, 0.29) is 12.2 Å². The van der Waals surface area contributed by atoms with Gasteiger partial charge in [-0.05, 0) is 49.6 Å². The first kappa shape index (κ1) is 14.3. The van der Waals surface area contributed by atoms with Crippen molar-refractivity contribution in [3.8, 4) is 5.75 Å². The summed E-state index contributed by atoms with van der Waals surface area (Å²) in [4.78, 5) is 16.6. The first-order chi connectivity index (χ1) is 10.5. The van der Waals surface area contributed by atoms with Gasteiger partial charge in [-0.15, -0.1) is 0 Å². The van der Waals surface area contributed by atoms with E-state index in [4.69, 9.17) is 4.74 Å². The molecule has 22 heavy (non-hydrogen) atoms. The predicted octanol–water partition coefficient (Wildman–Crippen LogP) is 3.20. The van der Waals surface area contributed by atoms with Crippen molar-refractivity contribution in [1.29, 1.82) is 0 Å². The van der Waals surface area contributed by atoms with Gasteiger partial charge in [0.05, 0.1) is 5.69 Å². The predicted molar refractivity (Wildman–Crippen MR) is 86.4 cm³/mol. The molecule has 1 aromatic carbocycles. The molecule has 0 aliphatic heterocycles. The highest BCUT2D eigenvalue weighted by Crippen LogP contribution is 2.21. The normalized spacial score (nSPS) is 10.9. The Morgan fingerprint density at radius 1 is 1.14 bits per heavy atom. The number of aryl methyl sites for hydroxylation is 2. The molecule has 0 bridgehead atoms. The van der Waals surface area contributed by atoms with Crippen molar-refractivity contribution in [2.75, 3.05) is 0 Å². The maximum atomic E-state index is 12.2. The van der Waals surface area contributed by atoms with E-state index in [1.165, 1.54) is 11.6 Å². The summed E-state index contributed by atoms with van der Waals surface area (Å²) in [6.07, 6.45) is 1.79. The van der Waals surface area contributed by atoms with Crippen LogP contribution in [0.4, 0.5) is 0 Å². The summed E-state index contributed by atoms with van der Waals surface area (Å²) in [7, 11) is 0. The van der Waals surface area contributed by atoms with E-state index in [1.54, 1.807) is 10.6 Å². The van der Waals surface area contributed by atoms with Gasteiger partial charge in [-0.25, -0.2) is 4.98 Å². The third-order valence-corrected chi connectivity index (χ3v) is 3.79. The van der Waals surface area contributed by atoms with Crippen LogP contribution in [0, 0.1) is 20.8 Å². The summed E-state index contributed by atoms with van der Waals surface area (Å²) >= 11 is 0. The highest BCUT2D eigenvalue weighted by Gasteiger charge is 2.06. The molecule has 0 amide bonds. The van der Waals surface area contributed by atoms with Crippen molar-refractivity contribution in [3.63, 3.8) is 0 Å². The van der Waals surface area contributed by atoms with Crippen LogP contribution in [0.3, 0.4) is 0 Å². The molecule has 4 heteroatoms. The summed E-state index contributed by atoms with van der Waals surface area (Å²) in [5.41, 5.74) is 4.49. The smallest absolute Gasteiger partial charge is 0.258 e. The Hall–Kier alpha value is -2.62. The zero-order valence-corrected chi connectivity index (χ0v) is 13.0. The monoisotopic (exact) mass is 294 g/mol. The van der Waals surface area contributed by atoms with Crippen molar-refractivity contribution >= 4 is 5.65 Å². The maximum absolute atomic E-state index is 12.2. The standard InChI is InChI=1S/C18H18N2O2/c1-12-7-8-17-19-15(9-18(21)20(17)10-12)11-22-16-6-4-5-13(2)14(16)3/h4-10H,11H2,1-3H3. The van der Waals surface area contributed by atoms with Gasteiger partial charge in [-0.3, -0.25) is 9.20 Å². The van der Waals surface area contributed by atoms with Gasteiger partial charge in [0.1, 0.15) is 18.0 Å². The van der Waals surface area contributed by atoms with E-state index < -0.39 is 0 Å². The molecule has 0 radical (unpaired) electrons. The number of rotatable bonds is 3. The van der Waals surface area contributed by atoms with Crippen LogP contribution in [-0.4, -0.2) is 9.38 Å². The summed E-state index contributed by atoms with van der Waals surface area (Å²) in [5.74, 6) is 0.825. The lowest BCUT2D eigenvalue weighted by molar-refractivity contribution is 0.299. The van der Waals surface area contributed by atoms with Crippen LogP contribution in [0.5, 0.6) is 5.75 Å². The zero-order chi connectivity index (χ0) is 15.7. The fraction of sp³-hybridized carbons (Fsp3) is 0.222. The molecule has 0 fully saturated rings. The molecule has 0 saturated heterocycles. The van der Waals surface area contributed by atoms with E-state index >= 15 is 0 Å². The molecule has 2 aromatic heterocycles. The first-order valence-electron chi connectivity index (χ1n) is 7.22. The molecule has 3 aromatic rings. The number of pyridine rings is 1. The van der Waals surface area contributed by atoms with Gasteiger partial charge in [0.25, 0.3) is 5.56 Å². The van der Waals surface area contributed by atoms with Gasteiger partial charge in [-0.2, -0.15) is 0 Å². The molecule has 0 N–H and O–H groups in total. The number of hydrogen-bond donors (Lipinski definition) is 0. The average Bonchev–Trinajstić information content (AvgIpc) is 2.49. The van der Waals surface area contributed by atoms with Crippen LogP contribution < -0.4 is 10.3 Å². The third kappa shape index (κ3) is 2.72. The minimum Gasteiger partial charge on any atom is -0.487 e. The Bertz CT molecular complexity index is 897. The van der Waals surface area contributed by atoms with Gasteiger partial charge < -0.3 is 4.74 Å².